The first-order chi connectivity index (χ1) is 17.6. The lowest BCUT2D eigenvalue weighted by Crippen LogP contribution is -2.43. The fourth-order valence-electron chi connectivity index (χ4n) is 4.76. The van der Waals surface area contributed by atoms with Crippen molar-refractivity contribution < 1.29 is 14.3 Å². The molecular weight excluding hydrogens is 480 g/mol. The second kappa shape index (κ2) is 11.2. The van der Waals surface area contributed by atoms with Crippen LogP contribution in [0.5, 0.6) is 5.75 Å². The zero-order valence-electron chi connectivity index (χ0n) is 20.1. The predicted molar refractivity (Wildman–Crippen MR) is 139 cm³/mol. The molecule has 2 heterocycles. The minimum Gasteiger partial charge on any atom is -0.482 e. The summed E-state index contributed by atoms with van der Waals surface area (Å²) >= 11 is 6.43. The number of carbonyl (C=O) groups excluding carboxylic acids is 1. The van der Waals surface area contributed by atoms with E-state index in [4.69, 9.17) is 26.1 Å². The molecule has 2 aromatic carbocycles. The van der Waals surface area contributed by atoms with Crippen molar-refractivity contribution in [3.8, 4) is 5.75 Å². The van der Waals surface area contributed by atoms with Crippen molar-refractivity contribution in [2.75, 3.05) is 32.9 Å². The lowest BCUT2D eigenvalue weighted by atomic mass is 9.88. The lowest BCUT2D eigenvalue weighted by Gasteiger charge is -2.26. The van der Waals surface area contributed by atoms with Gasteiger partial charge in [-0.2, -0.15) is 9.78 Å². The van der Waals surface area contributed by atoms with E-state index in [9.17, 15) is 9.59 Å². The Morgan fingerprint density at radius 3 is 2.69 bits per heavy atom. The zero-order chi connectivity index (χ0) is 24.9. The Balaban J connectivity index is 1.36. The molecule has 1 saturated carbocycles. The van der Waals surface area contributed by atoms with Crippen LogP contribution >= 0.6 is 11.6 Å². The fourth-order valence-corrected chi connectivity index (χ4v) is 5.00. The van der Waals surface area contributed by atoms with Gasteiger partial charge in [-0.25, -0.2) is 4.98 Å². The topological polar surface area (TPSA) is 86.0 Å². The van der Waals surface area contributed by atoms with Crippen LogP contribution in [0.25, 0.3) is 10.9 Å². The molecule has 1 saturated heterocycles. The Kier molecular flexibility index (Phi) is 7.63. The summed E-state index contributed by atoms with van der Waals surface area (Å²) in [4.78, 5) is 32.2. The van der Waals surface area contributed by atoms with Crippen molar-refractivity contribution >= 4 is 34.6 Å². The third-order valence-corrected chi connectivity index (χ3v) is 7.04. The molecule has 1 aliphatic carbocycles. The van der Waals surface area contributed by atoms with Crippen molar-refractivity contribution in [2.45, 2.75) is 38.0 Å². The number of para-hydroxylation sites is 1. The Morgan fingerprint density at radius 1 is 1.14 bits per heavy atom. The highest BCUT2D eigenvalue weighted by molar-refractivity contribution is 6.32. The van der Waals surface area contributed by atoms with E-state index >= 15 is 0 Å². The van der Waals surface area contributed by atoms with E-state index in [-0.39, 0.29) is 24.0 Å². The van der Waals surface area contributed by atoms with Crippen LogP contribution in [0.4, 0.5) is 0 Å². The number of hydrogen-bond donors (Lipinski definition) is 0. The molecular formula is C27H29ClN4O4. The number of rotatable bonds is 6. The minimum absolute atomic E-state index is 0.0872. The van der Waals surface area contributed by atoms with Gasteiger partial charge in [-0.05, 0) is 48.7 Å². The maximum Gasteiger partial charge on any atom is 0.282 e. The van der Waals surface area contributed by atoms with Gasteiger partial charge in [0.2, 0.25) is 0 Å². The first-order valence-corrected chi connectivity index (χ1v) is 12.8. The van der Waals surface area contributed by atoms with Gasteiger partial charge in [-0.15, -0.1) is 0 Å². The number of ether oxygens (including phenoxy) is 2. The molecule has 0 atom stereocenters. The summed E-state index contributed by atoms with van der Waals surface area (Å²) < 4.78 is 12.4. The van der Waals surface area contributed by atoms with Gasteiger partial charge in [0.15, 0.2) is 6.61 Å². The summed E-state index contributed by atoms with van der Waals surface area (Å²) in [6.07, 6.45) is 7.08. The van der Waals surface area contributed by atoms with Crippen LogP contribution in [-0.2, 0) is 9.53 Å². The van der Waals surface area contributed by atoms with Gasteiger partial charge >= 0.3 is 0 Å². The number of fused-ring (bicyclic) bond motifs is 1. The van der Waals surface area contributed by atoms with Crippen molar-refractivity contribution in [1.29, 1.82) is 0 Å². The first kappa shape index (κ1) is 24.5. The van der Waals surface area contributed by atoms with Crippen LogP contribution in [0.3, 0.4) is 0 Å². The van der Waals surface area contributed by atoms with E-state index in [1.807, 2.05) is 18.2 Å². The molecule has 9 heteroatoms. The standard InChI is InChI=1S/C27H29ClN4O4/c28-22-16-19(10-11-24(22)36-18-25(33)31-12-14-35-15-13-31)17-29-32-26(20-6-2-1-3-7-20)30-23-9-5-4-8-21(23)27(32)34/h4-5,8-11,16-17,20H,1-3,6-7,12-15,18H2. The highest BCUT2D eigenvalue weighted by Gasteiger charge is 2.22. The van der Waals surface area contributed by atoms with Crippen LogP contribution in [0.1, 0.15) is 49.4 Å². The first-order valence-electron chi connectivity index (χ1n) is 12.4. The molecule has 0 unspecified atom stereocenters. The Morgan fingerprint density at radius 2 is 1.92 bits per heavy atom. The number of carbonyl (C=O) groups is 1. The molecule has 1 amide bonds. The molecule has 0 bridgehead atoms. The molecule has 0 spiro atoms. The van der Waals surface area contributed by atoms with Crippen LogP contribution in [-0.4, -0.2) is 59.6 Å². The highest BCUT2D eigenvalue weighted by atomic mass is 35.5. The highest BCUT2D eigenvalue weighted by Crippen LogP contribution is 2.32. The van der Waals surface area contributed by atoms with Gasteiger partial charge in [0, 0.05) is 19.0 Å². The van der Waals surface area contributed by atoms with Crippen LogP contribution < -0.4 is 10.3 Å². The molecule has 0 radical (unpaired) electrons. The summed E-state index contributed by atoms with van der Waals surface area (Å²) in [7, 11) is 0. The summed E-state index contributed by atoms with van der Waals surface area (Å²) in [6.45, 7) is 2.13. The van der Waals surface area contributed by atoms with Gasteiger partial charge in [-0.3, -0.25) is 9.59 Å². The smallest absolute Gasteiger partial charge is 0.282 e. The van der Waals surface area contributed by atoms with Crippen LogP contribution in [0, 0.1) is 0 Å². The zero-order valence-corrected chi connectivity index (χ0v) is 20.8. The normalized spacial score (nSPS) is 17.1. The SMILES string of the molecule is O=C(COc1ccc(C=Nn2c(C3CCCCC3)nc3ccccc3c2=O)cc1Cl)N1CCOCC1. The molecule has 2 fully saturated rings. The van der Waals surface area contributed by atoms with Crippen molar-refractivity contribution in [1.82, 2.24) is 14.6 Å². The number of hydrogen-bond acceptors (Lipinski definition) is 6. The van der Waals surface area contributed by atoms with Crippen LogP contribution in [0.2, 0.25) is 5.02 Å². The van der Waals surface area contributed by atoms with Gasteiger partial charge in [0.25, 0.3) is 11.5 Å². The average Bonchev–Trinajstić information content (AvgIpc) is 2.93. The number of nitrogens with zero attached hydrogens (tertiary/aromatic N) is 4. The number of morpholine rings is 1. The van der Waals surface area contributed by atoms with Gasteiger partial charge in [0.05, 0.1) is 35.4 Å². The summed E-state index contributed by atoms with van der Waals surface area (Å²) in [5.74, 6) is 1.24. The quantitative estimate of drug-likeness (QED) is 0.465. The van der Waals surface area contributed by atoms with E-state index in [0.717, 1.165) is 25.7 Å². The van der Waals surface area contributed by atoms with E-state index in [1.54, 1.807) is 35.4 Å². The summed E-state index contributed by atoms with van der Waals surface area (Å²) in [6, 6.07) is 12.6. The molecule has 1 aliphatic heterocycles. The molecule has 0 N–H and O–H groups in total. The second-order valence-corrected chi connectivity index (χ2v) is 9.56. The predicted octanol–water partition coefficient (Wildman–Crippen LogP) is 4.22. The van der Waals surface area contributed by atoms with E-state index < -0.39 is 0 Å². The van der Waals surface area contributed by atoms with Crippen molar-refractivity contribution in [3.63, 3.8) is 0 Å². The second-order valence-electron chi connectivity index (χ2n) is 9.16. The van der Waals surface area contributed by atoms with E-state index in [0.29, 0.717) is 59.4 Å². The number of benzene rings is 2. The molecule has 3 aromatic rings. The maximum atomic E-state index is 13.3. The van der Waals surface area contributed by atoms with Crippen molar-refractivity contribution in [2.24, 2.45) is 5.10 Å². The Labute approximate surface area is 214 Å². The lowest BCUT2D eigenvalue weighted by molar-refractivity contribution is -0.137. The monoisotopic (exact) mass is 508 g/mol. The number of amides is 1. The molecule has 188 valence electrons. The average molecular weight is 509 g/mol. The summed E-state index contributed by atoms with van der Waals surface area (Å²) in [5.41, 5.74) is 1.23. The Hall–Kier alpha value is -3.23. The fraction of sp³-hybridized carbons (Fsp3) is 0.407. The van der Waals surface area contributed by atoms with Gasteiger partial charge in [0.1, 0.15) is 11.6 Å². The number of aromatic nitrogens is 2. The third kappa shape index (κ3) is 5.44. The summed E-state index contributed by atoms with van der Waals surface area (Å²) in [5, 5.41) is 5.46. The van der Waals surface area contributed by atoms with E-state index in [2.05, 4.69) is 5.10 Å². The maximum absolute atomic E-state index is 13.3. The third-order valence-electron chi connectivity index (χ3n) is 6.74. The molecule has 8 nitrogen and oxygen atoms in total. The van der Waals surface area contributed by atoms with Crippen molar-refractivity contribution in [3.05, 3.63) is 69.2 Å². The minimum atomic E-state index is -0.176. The molecule has 2 aliphatic rings. The molecule has 36 heavy (non-hydrogen) atoms. The number of halogens is 1. The van der Waals surface area contributed by atoms with Gasteiger partial charge < -0.3 is 14.4 Å². The largest absolute Gasteiger partial charge is 0.482 e. The Bertz CT molecular complexity index is 1330. The van der Waals surface area contributed by atoms with Gasteiger partial charge in [-0.1, -0.05) is 43.0 Å². The van der Waals surface area contributed by atoms with Crippen LogP contribution in [0.15, 0.2) is 52.4 Å². The molecule has 1 aromatic heterocycles. The van der Waals surface area contributed by atoms with E-state index in [1.165, 1.54) is 11.1 Å². The molecule has 5 rings (SSSR count).